The van der Waals surface area contributed by atoms with Crippen molar-refractivity contribution in [1.82, 2.24) is 24.0 Å². The third-order valence-corrected chi connectivity index (χ3v) is 8.40. The summed E-state index contributed by atoms with van der Waals surface area (Å²) in [6.07, 6.45) is 10.7. The highest BCUT2D eigenvalue weighted by atomic mass is 16.2. The first kappa shape index (κ1) is 20.5. The Morgan fingerprint density at radius 3 is 2.35 bits per heavy atom. The Hall–Kier alpha value is -2.38. The van der Waals surface area contributed by atoms with E-state index in [-0.39, 0.29) is 23.2 Å². The fourth-order valence-corrected chi connectivity index (χ4v) is 7.15. The standard InChI is InChI=1S/C23H33N5O3/c1-14(23-10-15-7-16(11-23)9-17(8-15)12-23)25-18(29)5-4-6-28-13-24-20-19(28)21(30)27(3)22(31)26(20)2/h13-17H,4-12H2,1-3H3,(H,25,29)/t14-,15?,16?,17?,23?/m1/s1. The molecule has 4 saturated carbocycles. The molecule has 1 amide bonds. The number of amides is 1. The molecule has 0 aromatic carbocycles. The molecule has 0 unspecified atom stereocenters. The Morgan fingerprint density at radius 2 is 1.74 bits per heavy atom. The van der Waals surface area contributed by atoms with Crippen LogP contribution < -0.4 is 16.6 Å². The van der Waals surface area contributed by atoms with Gasteiger partial charge in [0.05, 0.1) is 6.33 Å². The van der Waals surface area contributed by atoms with E-state index in [2.05, 4.69) is 17.2 Å². The highest BCUT2D eigenvalue weighted by molar-refractivity contribution is 5.76. The molecule has 8 heteroatoms. The van der Waals surface area contributed by atoms with E-state index in [1.165, 1.54) is 50.1 Å². The van der Waals surface area contributed by atoms with Gasteiger partial charge in [0.1, 0.15) is 0 Å². The van der Waals surface area contributed by atoms with E-state index in [4.69, 9.17) is 0 Å². The topological polar surface area (TPSA) is 90.9 Å². The van der Waals surface area contributed by atoms with Crippen molar-refractivity contribution in [3.63, 3.8) is 0 Å². The van der Waals surface area contributed by atoms with Gasteiger partial charge in [-0.1, -0.05) is 0 Å². The monoisotopic (exact) mass is 427 g/mol. The van der Waals surface area contributed by atoms with Crippen LogP contribution in [0.4, 0.5) is 0 Å². The average molecular weight is 428 g/mol. The fraction of sp³-hybridized carbons (Fsp3) is 0.739. The summed E-state index contributed by atoms with van der Waals surface area (Å²) in [5.41, 5.74) is 0.360. The second kappa shape index (κ2) is 7.35. The lowest BCUT2D eigenvalue weighted by atomic mass is 9.48. The Morgan fingerprint density at radius 1 is 1.13 bits per heavy atom. The predicted molar refractivity (Wildman–Crippen MR) is 118 cm³/mol. The van der Waals surface area contributed by atoms with Gasteiger partial charge < -0.3 is 9.88 Å². The molecule has 1 atom stereocenters. The number of hydrogen-bond donors (Lipinski definition) is 1. The van der Waals surface area contributed by atoms with E-state index in [0.717, 1.165) is 22.3 Å². The Kier molecular flexibility index (Phi) is 4.86. The summed E-state index contributed by atoms with van der Waals surface area (Å²) in [4.78, 5) is 41.6. The molecular formula is C23H33N5O3. The maximum Gasteiger partial charge on any atom is 0.332 e. The molecule has 4 bridgehead atoms. The van der Waals surface area contributed by atoms with E-state index in [0.29, 0.717) is 36.0 Å². The third-order valence-electron chi connectivity index (χ3n) is 8.40. The van der Waals surface area contributed by atoms with Crippen molar-refractivity contribution >= 4 is 17.1 Å². The summed E-state index contributed by atoms with van der Waals surface area (Å²) >= 11 is 0. The molecule has 8 nitrogen and oxygen atoms in total. The van der Waals surface area contributed by atoms with E-state index >= 15 is 0 Å². The first-order valence-corrected chi connectivity index (χ1v) is 11.7. The number of aromatic nitrogens is 4. The van der Waals surface area contributed by atoms with Crippen LogP contribution in [-0.2, 0) is 25.4 Å². The number of nitrogens with zero attached hydrogens (tertiary/aromatic N) is 4. The number of carbonyl (C=O) groups is 1. The fourth-order valence-electron chi connectivity index (χ4n) is 7.15. The van der Waals surface area contributed by atoms with Crippen molar-refractivity contribution < 1.29 is 4.79 Å². The minimum Gasteiger partial charge on any atom is -0.353 e. The van der Waals surface area contributed by atoms with E-state index < -0.39 is 0 Å². The van der Waals surface area contributed by atoms with E-state index in [9.17, 15) is 14.4 Å². The van der Waals surface area contributed by atoms with Crippen molar-refractivity contribution in [2.45, 2.75) is 70.9 Å². The summed E-state index contributed by atoms with van der Waals surface area (Å²) in [6, 6.07) is 0.226. The summed E-state index contributed by atoms with van der Waals surface area (Å²) in [5, 5.41) is 3.32. The van der Waals surface area contributed by atoms with Crippen molar-refractivity contribution in [2.24, 2.45) is 37.3 Å². The second-order valence-corrected chi connectivity index (χ2v) is 10.5. The molecule has 2 aromatic heterocycles. The molecule has 0 radical (unpaired) electrons. The van der Waals surface area contributed by atoms with Crippen molar-refractivity contribution in [1.29, 1.82) is 0 Å². The van der Waals surface area contributed by atoms with Crippen LogP contribution in [0.25, 0.3) is 11.2 Å². The molecule has 31 heavy (non-hydrogen) atoms. The lowest BCUT2D eigenvalue weighted by Gasteiger charge is -2.59. The molecule has 0 aliphatic heterocycles. The van der Waals surface area contributed by atoms with Gasteiger partial charge in [0.2, 0.25) is 5.91 Å². The first-order valence-electron chi connectivity index (χ1n) is 11.7. The number of hydrogen-bond acceptors (Lipinski definition) is 4. The molecule has 2 aromatic rings. The molecule has 4 fully saturated rings. The Balaban J connectivity index is 1.21. The smallest absolute Gasteiger partial charge is 0.332 e. The summed E-state index contributed by atoms with van der Waals surface area (Å²) in [6.45, 7) is 2.72. The summed E-state index contributed by atoms with van der Waals surface area (Å²) in [7, 11) is 3.08. The quantitative estimate of drug-likeness (QED) is 0.763. The van der Waals surface area contributed by atoms with Crippen LogP contribution in [0.15, 0.2) is 15.9 Å². The Bertz CT molecular complexity index is 1110. The van der Waals surface area contributed by atoms with Gasteiger partial charge >= 0.3 is 5.69 Å². The Labute approximate surface area is 181 Å². The number of rotatable bonds is 6. The van der Waals surface area contributed by atoms with E-state index in [1.807, 2.05) is 0 Å². The normalized spacial score (nSPS) is 30.1. The van der Waals surface area contributed by atoms with Crippen LogP contribution in [-0.4, -0.2) is 30.6 Å². The zero-order valence-corrected chi connectivity index (χ0v) is 18.8. The first-order chi connectivity index (χ1) is 14.8. The molecule has 168 valence electrons. The van der Waals surface area contributed by atoms with Crippen molar-refractivity contribution in [3.05, 3.63) is 27.2 Å². The molecule has 4 aliphatic rings. The van der Waals surface area contributed by atoms with Crippen molar-refractivity contribution in [2.75, 3.05) is 0 Å². The second-order valence-electron chi connectivity index (χ2n) is 10.5. The van der Waals surface area contributed by atoms with Gasteiger partial charge in [-0.3, -0.25) is 18.7 Å². The molecular weight excluding hydrogens is 394 g/mol. The van der Waals surface area contributed by atoms with Crippen LogP contribution >= 0.6 is 0 Å². The lowest BCUT2D eigenvalue weighted by Crippen LogP contribution is -2.55. The summed E-state index contributed by atoms with van der Waals surface area (Å²) in [5.74, 6) is 2.71. The van der Waals surface area contributed by atoms with Crippen molar-refractivity contribution in [3.8, 4) is 0 Å². The number of fused-ring (bicyclic) bond motifs is 1. The van der Waals surface area contributed by atoms with Crippen LogP contribution in [0.5, 0.6) is 0 Å². The van der Waals surface area contributed by atoms with Gasteiger partial charge in [0.25, 0.3) is 5.56 Å². The van der Waals surface area contributed by atoms with Gasteiger partial charge in [0.15, 0.2) is 11.2 Å². The van der Waals surface area contributed by atoms with Gasteiger partial charge in [-0.2, -0.15) is 0 Å². The number of imidazole rings is 1. The maximum absolute atomic E-state index is 12.7. The van der Waals surface area contributed by atoms with Gasteiger partial charge in [-0.15, -0.1) is 0 Å². The number of aryl methyl sites for hydroxylation is 2. The SMILES string of the molecule is C[C@@H](NC(=O)CCCn1cnc2c1c(=O)n(C)c(=O)n2C)C12CC3CC(CC(C3)C1)C2. The minimum atomic E-state index is -0.388. The number of nitrogens with one attached hydrogen (secondary N) is 1. The van der Waals surface area contributed by atoms with Crippen LogP contribution in [0.2, 0.25) is 0 Å². The van der Waals surface area contributed by atoms with Crippen LogP contribution in [0.3, 0.4) is 0 Å². The highest BCUT2D eigenvalue weighted by Crippen LogP contribution is 2.61. The van der Waals surface area contributed by atoms with Crippen LogP contribution in [0.1, 0.15) is 58.3 Å². The molecule has 2 heterocycles. The third kappa shape index (κ3) is 3.34. The summed E-state index contributed by atoms with van der Waals surface area (Å²) < 4.78 is 4.24. The van der Waals surface area contributed by atoms with Crippen LogP contribution in [0, 0.1) is 23.2 Å². The molecule has 6 rings (SSSR count). The highest BCUT2D eigenvalue weighted by Gasteiger charge is 2.53. The number of carbonyl (C=O) groups excluding carboxylic acids is 1. The van der Waals surface area contributed by atoms with Gasteiger partial charge in [0, 0.05) is 33.1 Å². The molecule has 0 spiro atoms. The zero-order chi connectivity index (χ0) is 21.9. The zero-order valence-electron chi connectivity index (χ0n) is 18.8. The molecule has 1 N–H and O–H groups in total. The predicted octanol–water partition coefficient (Wildman–Crippen LogP) is 1.93. The maximum atomic E-state index is 12.7. The average Bonchev–Trinajstić information content (AvgIpc) is 3.13. The van der Waals surface area contributed by atoms with E-state index in [1.54, 1.807) is 17.9 Å². The van der Waals surface area contributed by atoms with Gasteiger partial charge in [-0.25, -0.2) is 9.78 Å². The van der Waals surface area contributed by atoms with Gasteiger partial charge in [-0.05, 0) is 75.0 Å². The molecule has 4 aliphatic carbocycles. The lowest BCUT2D eigenvalue weighted by molar-refractivity contribution is -0.126. The minimum absolute atomic E-state index is 0.0907. The largest absolute Gasteiger partial charge is 0.353 e. The molecule has 0 saturated heterocycles.